The van der Waals surface area contributed by atoms with Crippen LogP contribution in [0.2, 0.25) is 5.02 Å². The van der Waals surface area contributed by atoms with Gasteiger partial charge in [-0.3, -0.25) is 14.6 Å². The number of anilines is 2. The third-order valence-electron chi connectivity index (χ3n) is 7.12. The maximum Gasteiger partial charge on any atom is 0.255 e. The molecule has 42 heavy (non-hydrogen) atoms. The number of likely N-dealkylation sites (N-methyl/N-ethyl adjacent to an activating group) is 1. The predicted octanol–water partition coefficient (Wildman–Crippen LogP) is 3.49. The van der Waals surface area contributed by atoms with Gasteiger partial charge in [-0.25, -0.2) is 0 Å². The SMILES string of the molecule is COc1c(Cl)cccc1Nc1c(-c2ccncc2OC[C@H]2COCCN2C(=O)/C=C/CN(C)C)[nH]c2c1C(=O)NCC2. The second-order valence-electron chi connectivity index (χ2n) is 10.3. The number of fused-ring (bicyclic) bond motifs is 1. The lowest BCUT2D eigenvalue weighted by Crippen LogP contribution is -2.51. The third-order valence-corrected chi connectivity index (χ3v) is 7.42. The number of benzene rings is 1. The molecule has 1 aromatic carbocycles. The zero-order chi connectivity index (χ0) is 29.6. The molecule has 2 aliphatic rings. The van der Waals surface area contributed by atoms with Crippen LogP contribution in [0.5, 0.6) is 11.5 Å². The highest BCUT2D eigenvalue weighted by molar-refractivity contribution is 6.32. The van der Waals surface area contributed by atoms with Gasteiger partial charge in [0, 0.05) is 49.6 Å². The second-order valence-corrected chi connectivity index (χ2v) is 10.7. The van der Waals surface area contributed by atoms with Crippen molar-refractivity contribution < 1.29 is 23.8 Å². The molecule has 3 aromatic rings. The van der Waals surface area contributed by atoms with Crippen molar-refractivity contribution in [1.82, 2.24) is 25.1 Å². The van der Waals surface area contributed by atoms with Crippen molar-refractivity contribution in [3.8, 4) is 22.8 Å². The Bertz CT molecular complexity index is 1470. The van der Waals surface area contributed by atoms with Crippen LogP contribution >= 0.6 is 11.6 Å². The highest BCUT2D eigenvalue weighted by Gasteiger charge is 2.30. The van der Waals surface area contributed by atoms with Gasteiger partial charge in [0.25, 0.3) is 5.91 Å². The van der Waals surface area contributed by atoms with E-state index in [2.05, 4.69) is 20.6 Å². The number of carbonyl (C=O) groups is 2. The monoisotopic (exact) mass is 594 g/mol. The normalized spacial score (nSPS) is 16.8. The number of pyridine rings is 1. The van der Waals surface area contributed by atoms with E-state index < -0.39 is 0 Å². The highest BCUT2D eigenvalue weighted by atomic mass is 35.5. The number of para-hydroxylation sites is 1. The minimum atomic E-state index is -0.278. The van der Waals surface area contributed by atoms with Crippen molar-refractivity contribution in [1.29, 1.82) is 0 Å². The zero-order valence-electron chi connectivity index (χ0n) is 23.9. The maximum atomic E-state index is 13.1. The summed E-state index contributed by atoms with van der Waals surface area (Å²) in [6, 6.07) is 6.93. The summed E-state index contributed by atoms with van der Waals surface area (Å²) >= 11 is 6.39. The molecule has 4 heterocycles. The Morgan fingerprint density at radius 2 is 2.19 bits per heavy atom. The Hall–Kier alpha value is -4.06. The van der Waals surface area contributed by atoms with Crippen LogP contribution in [-0.4, -0.2) is 98.3 Å². The van der Waals surface area contributed by atoms with Crippen molar-refractivity contribution in [2.75, 3.05) is 66.0 Å². The first-order valence-corrected chi connectivity index (χ1v) is 14.1. The molecule has 0 saturated carbocycles. The molecule has 1 saturated heterocycles. The number of amides is 2. The number of morpholine rings is 1. The topological polar surface area (TPSA) is 121 Å². The number of aromatic nitrogens is 2. The van der Waals surface area contributed by atoms with E-state index in [0.717, 1.165) is 5.69 Å². The van der Waals surface area contributed by atoms with Crippen molar-refractivity contribution in [3.63, 3.8) is 0 Å². The predicted molar refractivity (Wildman–Crippen MR) is 161 cm³/mol. The number of rotatable bonds is 10. The average Bonchev–Trinajstić information content (AvgIpc) is 3.35. The summed E-state index contributed by atoms with van der Waals surface area (Å²) in [5.74, 6) is 0.697. The van der Waals surface area contributed by atoms with Gasteiger partial charge in [0.05, 0.1) is 60.2 Å². The first-order chi connectivity index (χ1) is 20.4. The molecular weight excluding hydrogens is 560 g/mol. The molecule has 2 amide bonds. The van der Waals surface area contributed by atoms with Gasteiger partial charge in [-0.1, -0.05) is 23.7 Å². The van der Waals surface area contributed by atoms with E-state index in [1.807, 2.05) is 43.3 Å². The van der Waals surface area contributed by atoms with Gasteiger partial charge in [-0.2, -0.15) is 0 Å². The van der Waals surface area contributed by atoms with E-state index >= 15 is 0 Å². The lowest BCUT2D eigenvalue weighted by Gasteiger charge is -2.34. The van der Waals surface area contributed by atoms with Crippen molar-refractivity contribution in [2.24, 2.45) is 0 Å². The van der Waals surface area contributed by atoms with Crippen LogP contribution < -0.4 is 20.1 Å². The van der Waals surface area contributed by atoms with Gasteiger partial charge < -0.3 is 39.6 Å². The Morgan fingerprint density at radius 3 is 3.00 bits per heavy atom. The van der Waals surface area contributed by atoms with E-state index in [-0.39, 0.29) is 24.5 Å². The summed E-state index contributed by atoms with van der Waals surface area (Å²) in [7, 11) is 5.44. The van der Waals surface area contributed by atoms with Crippen LogP contribution in [0.25, 0.3) is 11.3 Å². The third kappa shape index (κ3) is 6.38. The number of halogens is 1. The minimum absolute atomic E-state index is 0.0785. The van der Waals surface area contributed by atoms with Crippen molar-refractivity contribution in [2.45, 2.75) is 12.5 Å². The summed E-state index contributed by atoms with van der Waals surface area (Å²) in [5.41, 5.74) is 3.87. The summed E-state index contributed by atoms with van der Waals surface area (Å²) < 4.78 is 17.6. The standard InChI is InChI=1S/C30H35ClN6O5/c1-36(2)13-5-8-25(38)37-14-15-41-17-19(37)18-42-24-16-32-11-9-20(24)27-28(26-22(34-27)10-12-33-30(26)39)35-23-7-4-6-21(31)29(23)40-3/h4-9,11,16,19,34-35H,10,12-15,17-18H2,1-3H3,(H,33,39)/b8-5+/t19-/m1/s1. The number of methoxy groups -OCH3 is 1. The Balaban J connectivity index is 1.45. The fourth-order valence-corrected chi connectivity index (χ4v) is 5.34. The van der Waals surface area contributed by atoms with Crippen LogP contribution in [0.1, 0.15) is 16.1 Å². The Morgan fingerprint density at radius 1 is 1.33 bits per heavy atom. The molecule has 1 fully saturated rings. The van der Waals surface area contributed by atoms with Crippen LogP contribution in [-0.2, 0) is 16.0 Å². The summed E-state index contributed by atoms with van der Waals surface area (Å²) in [5, 5.41) is 6.76. The number of H-pyrrole nitrogens is 1. The molecule has 0 radical (unpaired) electrons. The average molecular weight is 595 g/mol. The van der Waals surface area contributed by atoms with Gasteiger partial charge in [-0.05, 0) is 32.3 Å². The molecule has 0 spiro atoms. The molecule has 11 nitrogen and oxygen atoms in total. The van der Waals surface area contributed by atoms with Crippen LogP contribution in [0.4, 0.5) is 11.4 Å². The smallest absolute Gasteiger partial charge is 0.255 e. The van der Waals surface area contributed by atoms with Gasteiger partial charge in [-0.15, -0.1) is 0 Å². The van der Waals surface area contributed by atoms with Gasteiger partial charge in [0.15, 0.2) is 5.75 Å². The van der Waals surface area contributed by atoms with Gasteiger partial charge >= 0.3 is 0 Å². The lowest BCUT2D eigenvalue weighted by molar-refractivity contribution is -0.135. The molecule has 3 N–H and O–H groups in total. The summed E-state index contributed by atoms with van der Waals surface area (Å²) in [6.45, 7) is 2.72. The first-order valence-electron chi connectivity index (χ1n) is 13.8. The van der Waals surface area contributed by atoms with E-state index in [1.54, 1.807) is 36.5 Å². The number of aromatic amines is 1. The van der Waals surface area contributed by atoms with Crippen LogP contribution in [0, 0.1) is 0 Å². The minimum Gasteiger partial charge on any atom is -0.493 e. The molecule has 0 aliphatic carbocycles. The molecule has 0 unspecified atom stereocenters. The maximum absolute atomic E-state index is 13.1. The number of nitrogens with one attached hydrogen (secondary N) is 3. The second kappa shape index (κ2) is 13.3. The first kappa shape index (κ1) is 29.4. The molecule has 5 rings (SSSR count). The number of ether oxygens (including phenoxy) is 3. The fourth-order valence-electron chi connectivity index (χ4n) is 5.09. The van der Waals surface area contributed by atoms with Crippen molar-refractivity contribution >= 4 is 34.8 Å². The largest absolute Gasteiger partial charge is 0.493 e. The highest BCUT2D eigenvalue weighted by Crippen LogP contribution is 2.42. The fraction of sp³-hybridized carbons (Fsp3) is 0.367. The van der Waals surface area contributed by atoms with Gasteiger partial charge in [0.1, 0.15) is 12.4 Å². The molecule has 12 heteroatoms. The van der Waals surface area contributed by atoms with E-state index in [0.29, 0.717) is 84.0 Å². The summed E-state index contributed by atoms with van der Waals surface area (Å²) in [4.78, 5) is 37.5. The zero-order valence-corrected chi connectivity index (χ0v) is 24.7. The molecule has 2 aromatic heterocycles. The van der Waals surface area contributed by atoms with E-state index in [4.69, 9.17) is 25.8 Å². The number of hydrogen-bond acceptors (Lipinski definition) is 8. The van der Waals surface area contributed by atoms with E-state index in [1.165, 1.54) is 0 Å². The summed E-state index contributed by atoms with van der Waals surface area (Å²) in [6.07, 6.45) is 7.39. The number of carbonyl (C=O) groups excluding carboxylic acids is 2. The number of hydrogen-bond donors (Lipinski definition) is 3. The molecule has 1 atom stereocenters. The molecular formula is C30H35ClN6O5. The van der Waals surface area contributed by atoms with Crippen LogP contribution in [0.15, 0.2) is 48.8 Å². The molecule has 2 aliphatic heterocycles. The number of nitrogens with zero attached hydrogens (tertiary/aromatic N) is 3. The van der Waals surface area contributed by atoms with E-state index in [9.17, 15) is 9.59 Å². The van der Waals surface area contributed by atoms with Crippen molar-refractivity contribution in [3.05, 3.63) is 65.1 Å². The Labute approximate surface area is 249 Å². The lowest BCUT2D eigenvalue weighted by atomic mass is 10.0. The molecule has 0 bridgehead atoms. The Kier molecular flexibility index (Phi) is 9.31. The van der Waals surface area contributed by atoms with Crippen LogP contribution in [0.3, 0.4) is 0 Å². The quantitative estimate of drug-likeness (QED) is 0.305. The molecule has 222 valence electrons. The van der Waals surface area contributed by atoms with Gasteiger partial charge in [0.2, 0.25) is 5.91 Å².